The lowest BCUT2D eigenvalue weighted by molar-refractivity contribution is -0.125. The minimum Gasteiger partial charge on any atom is -0.385 e. The van der Waals surface area contributed by atoms with Crippen LogP contribution in [0.2, 0.25) is 0 Å². The lowest BCUT2D eigenvalue weighted by atomic mass is 9.78. The third kappa shape index (κ3) is 3.04. The molecule has 0 atom stereocenters. The van der Waals surface area contributed by atoms with Gasteiger partial charge in [-0.25, -0.2) is 0 Å². The summed E-state index contributed by atoms with van der Waals surface area (Å²) in [5, 5.41) is 10.5. The van der Waals surface area contributed by atoms with Crippen LogP contribution in [-0.4, -0.2) is 10.9 Å². The van der Waals surface area contributed by atoms with Crippen LogP contribution in [0.5, 0.6) is 0 Å². The summed E-state index contributed by atoms with van der Waals surface area (Å²) in [5.74, 6) is 0.272. The molecule has 1 aliphatic rings. The van der Waals surface area contributed by atoms with Gasteiger partial charge in [-0.1, -0.05) is 24.3 Å². The highest BCUT2D eigenvalue weighted by Gasteiger charge is 2.34. The fourth-order valence-electron chi connectivity index (χ4n) is 2.31. The molecule has 0 heterocycles. The minimum absolute atomic E-state index is 0.272. The predicted octanol–water partition coefficient (Wildman–Crippen LogP) is 3.13. The van der Waals surface area contributed by atoms with Gasteiger partial charge in [0.05, 0.1) is 5.60 Å². The molecule has 1 N–H and O–H groups in total. The van der Waals surface area contributed by atoms with Gasteiger partial charge in [0.15, 0.2) is 0 Å². The van der Waals surface area contributed by atoms with E-state index >= 15 is 0 Å². The molecule has 2 heteroatoms. The Kier molecular flexibility index (Phi) is 4.64. The number of carbonyl (C=O) groups excluding carboxylic acids is 1. The average molecular weight is 232 g/mol. The van der Waals surface area contributed by atoms with Gasteiger partial charge in [0, 0.05) is 12.8 Å². The molecule has 92 valence electrons. The van der Waals surface area contributed by atoms with Crippen LogP contribution in [0, 0.1) is 6.92 Å². The van der Waals surface area contributed by atoms with E-state index in [0.717, 1.165) is 11.1 Å². The van der Waals surface area contributed by atoms with Crippen molar-refractivity contribution in [3.8, 4) is 0 Å². The number of carbonyl (C=O) groups is 1. The summed E-state index contributed by atoms with van der Waals surface area (Å²) in [6.07, 6.45) is 2.14. The van der Waals surface area contributed by atoms with Crippen LogP contribution in [0.25, 0.3) is 0 Å². The SMILES string of the molecule is C=C.Cc1ccccc1C1(O)CCC(=O)CC1. The van der Waals surface area contributed by atoms with Crippen molar-refractivity contribution >= 4 is 5.78 Å². The van der Waals surface area contributed by atoms with E-state index in [9.17, 15) is 9.90 Å². The van der Waals surface area contributed by atoms with Crippen molar-refractivity contribution in [2.24, 2.45) is 0 Å². The van der Waals surface area contributed by atoms with E-state index in [1.807, 2.05) is 31.2 Å². The maximum atomic E-state index is 11.2. The first-order valence-corrected chi connectivity index (χ1v) is 5.92. The summed E-state index contributed by atoms with van der Waals surface area (Å²) in [6.45, 7) is 8.00. The van der Waals surface area contributed by atoms with Gasteiger partial charge < -0.3 is 5.11 Å². The number of rotatable bonds is 1. The zero-order chi connectivity index (χ0) is 12.9. The maximum Gasteiger partial charge on any atom is 0.133 e. The van der Waals surface area contributed by atoms with Crippen molar-refractivity contribution < 1.29 is 9.90 Å². The highest BCUT2D eigenvalue weighted by atomic mass is 16.3. The summed E-state index contributed by atoms with van der Waals surface area (Å²) < 4.78 is 0. The Balaban J connectivity index is 0.000000686. The number of Topliss-reactive ketones (excluding diaryl/α,β-unsaturated/α-hetero) is 1. The fraction of sp³-hybridized carbons (Fsp3) is 0.400. The van der Waals surface area contributed by atoms with Crippen molar-refractivity contribution in [2.75, 3.05) is 0 Å². The summed E-state index contributed by atoms with van der Waals surface area (Å²) in [6, 6.07) is 7.88. The quantitative estimate of drug-likeness (QED) is 0.755. The van der Waals surface area contributed by atoms with E-state index in [0.29, 0.717) is 25.7 Å². The highest BCUT2D eigenvalue weighted by Crippen LogP contribution is 2.36. The molecule has 1 fully saturated rings. The number of aryl methyl sites for hydroxylation is 1. The summed E-state index contributed by atoms with van der Waals surface area (Å²) in [7, 11) is 0. The largest absolute Gasteiger partial charge is 0.385 e. The molecule has 0 aliphatic heterocycles. The maximum absolute atomic E-state index is 11.2. The lowest BCUT2D eigenvalue weighted by Crippen LogP contribution is -2.32. The number of hydrogen-bond donors (Lipinski definition) is 1. The molecule has 2 rings (SSSR count). The number of benzene rings is 1. The zero-order valence-electron chi connectivity index (χ0n) is 10.4. The molecule has 0 spiro atoms. The van der Waals surface area contributed by atoms with E-state index < -0.39 is 5.60 Å². The molecule has 0 bridgehead atoms. The van der Waals surface area contributed by atoms with Crippen LogP contribution in [0.15, 0.2) is 37.4 Å². The molecule has 0 amide bonds. The molecular formula is C15H20O2. The Labute approximate surface area is 103 Å². The topological polar surface area (TPSA) is 37.3 Å². The Morgan fingerprint density at radius 2 is 1.71 bits per heavy atom. The second kappa shape index (κ2) is 5.78. The number of aliphatic hydroxyl groups is 1. The molecule has 1 aliphatic carbocycles. The molecule has 2 nitrogen and oxygen atoms in total. The van der Waals surface area contributed by atoms with Gasteiger partial charge in [-0.3, -0.25) is 4.79 Å². The zero-order valence-corrected chi connectivity index (χ0v) is 10.4. The third-order valence-corrected chi connectivity index (χ3v) is 3.28. The van der Waals surface area contributed by atoms with Crippen LogP contribution < -0.4 is 0 Å². The predicted molar refractivity (Wildman–Crippen MR) is 69.8 cm³/mol. The van der Waals surface area contributed by atoms with Gasteiger partial charge in [-0.2, -0.15) is 0 Å². The van der Waals surface area contributed by atoms with Crippen LogP contribution in [-0.2, 0) is 10.4 Å². The van der Waals surface area contributed by atoms with Crippen LogP contribution >= 0.6 is 0 Å². The molecule has 17 heavy (non-hydrogen) atoms. The van der Waals surface area contributed by atoms with Crippen molar-refractivity contribution in [3.63, 3.8) is 0 Å². The summed E-state index contributed by atoms with van der Waals surface area (Å²) in [4.78, 5) is 11.2. The van der Waals surface area contributed by atoms with E-state index in [2.05, 4.69) is 13.2 Å². The van der Waals surface area contributed by atoms with Gasteiger partial charge in [0.25, 0.3) is 0 Å². The Hall–Kier alpha value is -1.41. The lowest BCUT2D eigenvalue weighted by Gasteiger charge is -2.33. The van der Waals surface area contributed by atoms with Crippen molar-refractivity contribution in [1.82, 2.24) is 0 Å². The third-order valence-electron chi connectivity index (χ3n) is 3.28. The Bertz CT molecular complexity index is 386. The first-order chi connectivity index (χ1) is 8.12. The standard InChI is InChI=1S/C13H16O2.C2H4/c1-10-4-2-3-5-12(10)13(15)8-6-11(14)7-9-13;1-2/h2-5,15H,6-9H2,1H3;1-2H2. The Morgan fingerprint density at radius 3 is 2.24 bits per heavy atom. The van der Waals surface area contributed by atoms with E-state index in [1.54, 1.807) is 0 Å². The van der Waals surface area contributed by atoms with Gasteiger partial charge in [0.1, 0.15) is 5.78 Å². The molecule has 1 aromatic carbocycles. The summed E-state index contributed by atoms with van der Waals surface area (Å²) in [5.41, 5.74) is 1.31. The smallest absolute Gasteiger partial charge is 0.133 e. The van der Waals surface area contributed by atoms with E-state index in [4.69, 9.17) is 0 Å². The van der Waals surface area contributed by atoms with Crippen LogP contribution in [0.1, 0.15) is 36.8 Å². The normalized spacial score (nSPS) is 18.1. The van der Waals surface area contributed by atoms with Crippen molar-refractivity contribution in [1.29, 1.82) is 0 Å². The van der Waals surface area contributed by atoms with Gasteiger partial charge >= 0.3 is 0 Å². The second-order valence-electron chi connectivity index (χ2n) is 4.39. The van der Waals surface area contributed by atoms with Crippen molar-refractivity contribution in [2.45, 2.75) is 38.2 Å². The minimum atomic E-state index is -0.779. The fourth-order valence-corrected chi connectivity index (χ4v) is 2.31. The van der Waals surface area contributed by atoms with E-state index in [-0.39, 0.29) is 5.78 Å². The number of hydrogen-bond acceptors (Lipinski definition) is 2. The van der Waals surface area contributed by atoms with Gasteiger partial charge in [0.2, 0.25) is 0 Å². The molecule has 0 aromatic heterocycles. The average Bonchev–Trinajstić information content (AvgIpc) is 2.36. The Morgan fingerprint density at radius 1 is 1.18 bits per heavy atom. The first-order valence-electron chi connectivity index (χ1n) is 5.92. The van der Waals surface area contributed by atoms with Crippen LogP contribution in [0.3, 0.4) is 0 Å². The van der Waals surface area contributed by atoms with E-state index in [1.165, 1.54) is 0 Å². The van der Waals surface area contributed by atoms with Crippen LogP contribution in [0.4, 0.5) is 0 Å². The molecule has 1 saturated carbocycles. The summed E-state index contributed by atoms with van der Waals surface area (Å²) >= 11 is 0. The molecule has 1 aromatic rings. The van der Waals surface area contributed by atoms with Gasteiger partial charge in [-0.05, 0) is 30.9 Å². The second-order valence-corrected chi connectivity index (χ2v) is 4.39. The highest BCUT2D eigenvalue weighted by molar-refractivity contribution is 5.79. The van der Waals surface area contributed by atoms with Gasteiger partial charge in [-0.15, -0.1) is 13.2 Å². The monoisotopic (exact) mass is 232 g/mol. The molecular weight excluding hydrogens is 212 g/mol. The molecule has 0 saturated heterocycles. The first kappa shape index (κ1) is 13.7. The number of ketones is 1. The molecule has 0 unspecified atom stereocenters. The molecule has 0 radical (unpaired) electrons. The van der Waals surface area contributed by atoms with Crippen molar-refractivity contribution in [3.05, 3.63) is 48.6 Å².